The van der Waals surface area contributed by atoms with Gasteiger partial charge in [0.1, 0.15) is 5.82 Å². The first kappa shape index (κ1) is 26.8. The first-order valence-corrected chi connectivity index (χ1v) is 12.7. The third-order valence-electron chi connectivity index (χ3n) is 6.10. The lowest BCUT2D eigenvalue weighted by molar-refractivity contribution is -0.137. The molecule has 0 saturated carbocycles. The monoisotopic (exact) mass is 458 g/mol. The smallest absolute Gasteiger partial charge is 0.225 e. The topological polar surface area (TPSA) is 80.3 Å². The SMILES string of the molecule is CC.CCC.Cc1ccc(N2CCC(C(=O)N3CCC(n4cc(CN)cn4)CC3)CC2)nc1.[HH]. The van der Waals surface area contributed by atoms with Crippen molar-refractivity contribution in [1.82, 2.24) is 19.7 Å². The highest BCUT2D eigenvalue weighted by molar-refractivity contribution is 5.79. The Labute approximate surface area is 201 Å². The molecule has 0 aliphatic carbocycles. The molecule has 7 nitrogen and oxygen atoms in total. The molecule has 33 heavy (non-hydrogen) atoms. The van der Waals surface area contributed by atoms with Crippen LogP contribution in [0.4, 0.5) is 5.82 Å². The molecule has 2 N–H and O–H groups in total. The van der Waals surface area contributed by atoms with Crippen molar-refractivity contribution in [2.24, 2.45) is 11.7 Å². The molecule has 4 heterocycles. The van der Waals surface area contributed by atoms with Crippen molar-refractivity contribution in [3.8, 4) is 0 Å². The van der Waals surface area contributed by atoms with E-state index in [0.29, 0.717) is 18.5 Å². The number of likely N-dealkylation sites (tertiary alicyclic amines) is 1. The second-order valence-corrected chi connectivity index (χ2v) is 8.75. The molecule has 186 valence electrons. The number of nitrogens with two attached hydrogens (primary N) is 1. The summed E-state index contributed by atoms with van der Waals surface area (Å²) in [6.45, 7) is 14.3. The van der Waals surface area contributed by atoms with E-state index in [2.05, 4.69) is 45.9 Å². The normalized spacial score (nSPS) is 17.0. The zero-order valence-corrected chi connectivity index (χ0v) is 21.3. The number of piperidine rings is 2. The number of amides is 1. The van der Waals surface area contributed by atoms with E-state index in [1.807, 2.05) is 44.0 Å². The number of carbonyl (C=O) groups is 1. The molecule has 0 unspecified atom stereocenters. The summed E-state index contributed by atoms with van der Waals surface area (Å²) in [5.74, 6) is 1.50. The third-order valence-corrected chi connectivity index (χ3v) is 6.10. The number of hydrogen-bond donors (Lipinski definition) is 1. The Bertz CT molecular complexity index is 809. The predicted molar refractivity (Wildman–Crippen MR) is 138 cm³/mol. The minimum absolute atomic E-state index is 0. The van der Waals surface area contributed by atoms with Crippen LogP contribution in [0.5, 0.6) is 0 Å². The maximum absolute atomic E-state index is 13.0. The van der Waals surface area contributed by atoms with Gasteiger partial charge in [0.05, 0.1) is 12.2 Å². The summed E-state index contributed by atoms with van der Waals surface area (Å²) in [5.41, 5.74) is 7.91. The van der Waals surface area contributed by atoms with Gasteiger partial charge in [-0.25, -0.2) is 4.98 Å². The van der Waals surface area contributed by atoms with Gasteiger partial charge >= 0.3 is 0 Å². The van der Waals surface area contributed by atoms with E-state index in [4.69, 9.17) is 5.73 Å². The molecule has 7 heteroatoms. The van der Waals surface area contributed by atoms with Crippen molar-refractivity contribution in [1.29, 1.82) is 0 Å². The van der Waals surface area contributed by atoms with E-state index >= 15 is 0 Å². The van der Waals surface area contributed by atoms with Crippen LogP contribution in [0, 0.1) is 12.8 Å². The first-order chi connectivity index (χ1) is 16.0. The maximum Gasteiger partial charge on any atom is 0.225 e. The van der Waals surface area contributed by atoms with Gasteiger partial charge in [-0.15, -0.1) is 0 Å². The molecule has 0 spiro atoms. The maximum atomic E-state index is 13.0. The summed E-state index contributed by atoms with van der Waals surface area (Å²) < 4.78 is 2.02. The number of hydrogen-bond acceptors (Lipinski definition) is 5. The molecule has 2 fully saturated rings. The summed E-state index contributed by atoms with van der Waals surface area (Å²) in [4.78, 5) is 21.9. The summed E-state index contributed by atoms with van der Waals surface area (Å²) in [5, 5.41) is 4.43. The molecular formula is C26H46N6O. The van der Waals surface area contributed by atoms with Crippen LogP contribution in [-0.4, -0.2) is 51.8 Å². The molecule has 0 bridgehead atoms. The number of nitrogens with zero attached hydrogens (tertiary/aromatic N) is 5. The van der Waals surface area contributed by atoms with Crippen molar-refractivity contribution in [2.75, 3.05) is 31.1 Å². The molecule has 0 radical (unpaired) electrons. The van der Waals surface area contributed by atoms with Gasteiger partial charge in [-0.05, 0) is 44.2 Å². The number of carbonyl (C=O) groups excluding carboxylic acids is 1. The molecule has 2 aliphatic rings. The Balaban J connectivity index is 0.000000895. The Hall–Kier alpha value is -2.41. The Morgan fingerprint density at radius 1 is 1.06 bits per heavy atom. The number of pyridine rings is 1. The van der Waals surface area contributed by atoms with E-state index < -0.39 is 0 Å². The fraction of sp³-hybridized carbons (Fsp3) is 0.654. The molecule has 0 aromatic carbocycles. The van der Waals surface area contributed by atoms with Gasteiger partial charge in [-0.1, -0.05) is 40.2 Å². The highest BCUT2D eigenvalue weighted by Crippen LogP contribution is 2.27. The zero-order valence-electron chi connectivity index (χ0n) is 21.3. The van der Waals surface area contributed by atoms with Gasteiger partial charge in [0.15, 0.2) is 0 Å². The van der Waals surface area contributed by atoms with Gasteiger partial charge in [-0.2, -0.15) is 5.10 Å². The van der Waals surface area contributed by atoms with Crippen LogP contribution in [0.2, 0.25) is 0 Å². The van der Waals surface area contributed by atoms with E-state index in [9.17, 15) is 4.79 Å². The number of aryl methyl sites for hydroxylation is 1. The average Bonchev–Trinajstić information content (AvgIpc) is 3.36. The van der Waals surface area contributed by atoms with E-state index in [1.54, 1.807) is 0 Å². The van der Waals surface area contributed by atoms with Gasteiger partial charge in [0.25, 0.3) is 0 Å². The first-order valence-electron chi connectivity index (χ1n) is 12.7. The molecule has 0 atom stereocenters. The molecule has 2 aliphatic heterocycles. The van der Waals surface area contributed by atoms with Crippen LogP contribution in [0.3, 0.4) is 0 Å². The summed E-state index contributed by atoms with van der Waals surface area (Å²) in [7, 11) is 0. The summed E-state index contributed by atoms with van der Waals surface area (Å²) in [6, 6.07) is 4.55. The average molecular weight is 459 g/mol. The lowest BCUT2D eigenvalue weighted by Gasteiger charge is -2.37. The molecule has 2 aromatic rings. The fourth-order valence-electron chi connectivity index (χ4n) is 4.29. The van der Waals surface area contributed by atoms with Crippen LogP contribution < -0.4 is 10.6 Å². The van der Waals surface area contributed by atoms with Crippen molar-refractivity contribution in [3.63, 3.8) is 0 Å². The van der Waals surface area contributed by atoms with Crippen LogP contribution in [-0.2, 0) is 11.3 Å². The fourth-order valence-corrected chi connectivity index (χ4v) is 4.29. The highest BCUT2D eigenvalue weighted by Gasteiger charge is 2.31. The number of aromatic nitrogens is 3. The number of anilines is 1. The van der Waals surface area contributed by atoms with E-state index in [1.165, 1.54) is 12.0 Å². The molecule has 4 rings (SSSR count). The number of rotatable bonds is 4. The van der Waals surface area contributed by atoms with Gasteiger partial charge in [0.2, 0.25) is 5.91 Å². The second kappa shape index (κ2) is 14.0. The van der Waals surface area contributed by atoms with Crippen molar-refractivity contribution < 1.29 is 6.22 Å². The third kappa shape index (κ3) is 7.56. The summed E-state index contributed by atoms with van der Waals surface area (Å²) >= 11 is 0. The van der Waals surface area contributed by atoms with Gasteiger partial charge in [0, 0.05) is 58.0 Å². The lowest BCUT2D eigenvalue weighted by atomic mass is 9.93. The summed E-state index contributed by atoms with van der Waals surface area (Å²) in [6.07, 6.45) is 10.8. The van der Waals surface area contributed by atoms with Crippen LogP contribution in [0.25, 0.3) is 0 Å². The minimum Gasteiger partial charge on any atom is -0.357 e. The highest BCUT2D eigenvalue weighted by atomic mass is 16.2. The Kier molecular flexibility index (Phi) is 11.4. The standard InChI is InChI=1S/C21H30N6O.C3H8.C2H6.H2/c1-16-2-3-20(23-13-16)25-8-4-18(5-9-25)21(28)26-10-6-19(7-11-26)27-15-17(12-22)14-24-27;1-3-2;1-2;/h2-3,13-15,18-19H,4-12,22H2,1H3;3H2,1-2H3;1-2H3;1H. The molecular weight excluding hydrogens is 412 g/mol. The van der Waals surface area contributed by atoms with Crippen LogP contribution in [0.15, 0.2) is 30.7 Å². The van der Waals surface area contributed by atoms with E-state index in [-0.39, 0.29) is 7.34 Å². The predicted octanol–water partition coefficient (Wildman–Crippen LogP) is 4.81. The van der Waals surface area contributed by atoms with Crippen molar-refractivity contribution >= 4 is 11.7 Å². The van der Waals surface area contributed by atoms with Gasteiger partial charge < -0.3 is 15.5 Å². The molecule has 1 amide bonds. The minimum atomic E-state index is 0. The second-order valence-electron chi connectivity index (χ2n) is 8.75. The lowest BCUT2D eigenvalue weighted by Crippen LogP contribution is -2.45. The Morgan fingerprint density at radius 2 is 1.70 bits per heavy atom. The quantitative estimate of drug-likeness (QED) is 0.711. The zero-order chi connectivity index (χ0) is 24.2. The van der Waals surface area contributed by atoms with Crippen molar-refractivity contribution in [3.05, 3.63) is 41.9 Å². The molecule has 2 saturated heterocycles. The molecule has 2 aromatic heterocycles. The largest absolute Gasteiger partial charge is 0.357 e. The van der Waals surface area contributed by atoms with Crippen LogP contribution in [0.1, 0.15) is 78.4 Å². The van der Waals surface area contributed by atoms with E-state index in [0.717, 1.165) is 63.2 Å². The van der Waals surface area contributed by atoms with Gasteiger partial charge in [-0.3, -0.25) is 9.48 Å². The van der Waals surface area contributed by atoms with Crippen molar-refractivity contribution in [2.45, 2.75) is 79.3 Å². The van der Waals surface area contributed by atoms with Crippen LogP contribution >= 0.6 is 0 Å². The Morgan fingerprint density at radius 3 is 2.21 bits per heavy atom.